The zero-order valence-corrected chi connectivity index (χ0v) is 23.9. The van der Waals surface area contributed by atoms with Gasteiger partial charge < -0.3 is 4.90 Å². The van der Waals surface area contributed by atoms with Crippen LogP contribution in [0.3, 0.4) is 0 Å². The SMILES string of the molecule is [2H]c1c([2H])c([2H])c(N(c2ccc3cc4c(cc3c2)-c2c-4c(-c3ccccc3)c3ccccc3c2-c2ccccc2)c2c([2H])c([2H])c([2H])c([2H])c2[2H])c([2H])c1[2H]. The first kappa shape index (κ1) is 17.4. The Kier molecular flexibility index (Phi) is 4.01. The van der Waals surface area contributed by atoms with Crippen LogP contribution >= 0.6 is 0 Å². The van der Waals surface area contributed by atoms with Crippen LogP contribution in [0.15, 0.2) is 176 Å². The van der Waals surface area contributed by atoms with Crippen molar-refractivity contribution in [3.63, 3.8) is 0 Å². The van der Waals surface area contributed by atoms with Gasteiger partial charge in [0.2, 0.25) is 0 Å². The van der Waals surface area contributed by atoms with Gasteiger partial charge in [0.25, 0.3) is 0 Å². The lowest BCUT2D eigenvalue weighted by molar-refractivity contribution is 1.29. The summed E-state index contributed by atoms with van der Waals surface area (Å²) in [5.41, 5.74) is 8.35. The minimum Gasteiger partial charge on any atom is -0.310 e. The van der Waals surface area contributed by atoms with Crippen molar-refractivity contribution in [1.82, 2.24) is 0 Å². The smallest absolute Gasteiger partial charge is 0.0645 e. The molecule has 9 rings (SSSR count). The van der Waals surface area contributed by atoms with Gasteiger partial charge in [0.1, 0.15) is 0 Å². The van der Waals surface area contributed by atoms with Gasteiger partial charge in [-0.15, -0.1) is 0 Å². The Hall–Kier alpha value is -5.92. The number of para-hydroxylation sites is 2. The normalized spacial score (nSPS) is 14.7. The molecule has 45 heavy (non-hydrogen) atoms. The largest absolute Gasteiger partial charge is 0.310 e. The molecule has 0 N–H and O–H groups in total. The zero-order valence-electron chi connectivity index (χ0n) is 33.9. The average Bonchev–Trinajstić information content (AvgIpc) is 3.21. The van der Waals surface area contributed by atoms with Gasteiger partial charge in [-0.25, -0.2) is 0 Å². The van der Waals surface area contributed by atoms with Crippen LogP contribution in [0.4, 0.5) is 17.1 Å². The van der Waals surface area contributed by atoms with E-state index < -0.39 is 60.4 Å². The number of fused-ring (bicyclic) bond motifs is 6. The van der Waals surface area contributed by atoms with E-state index in [2.05, 4.69) is 60.7 Å². The van der Waals surface area contributed by atoms with E-state index in [1.54, 1.807) is 12.1 Å². The molecule has 1 aliphatic rings. The van der Waals surface area contributed by atoms with Gasteiger partial charge in [0.05, 0.1) is 13.7 Å². The molecule has 0 spiro atoms. The Morgan fingerprint density at radius 1 is 0.378 bits per heavy atom. The van der Waals surface area contributed by atoms with Crippen LogP contribution in [0.1, 0.15) is 13.7 Å². The van der Waals surface area contributed by atoms with Crippen molar-refractivity contribution in [3.8, 4) is 44.5 Å². The maximum absolute atomic E-state index is 8.87. The molecule has 1 nitrogen and oxygen atoms in total. The molecule has 0 aromatic heterocycles. The van der Waals surface area contributed by atoms with Crippen LogP contribution in [-0.2, 0) is 0 Å². The quantitative estimate of drug-likeness (QED) is 0.195. The summed E-state index contributed by atoms with van der Waals surface area (Å²) >= 11 is 0. The molecule has 0 fully saturated rings. The van der Waals surface area contributed by atoms with Crippen LogP contribution in [0.5, 0.6) is 0 Å². The van der Waals surface area contributed by atoms with Crippen LogP contribution in [-0.4, -0.2) is 0 Å². The third-order valence-corrected chi connectivity index (χ3v) is 8.52. The zero-order chi connectivity index (χ0) is 38.4. The molecule has 210 valence electrons. The summed E-state index contributed by atoms with van der Waals surface area (Å²) in [7, 11) is 0. The lowest BCUT2D eigenvalue weighted by atomic mass is 9.70. The van der Waals surface area contributed by atoms with Crippen LogP contribution in [0.25, 0.3) is 66.1 Å². The number of hydrogen-bond acceptors (Lipinski definition) is 1. The first-order chi connectivity index (χ1) is 26.5. The Bertz CT molecular complexity index is 2800. The Morgan fingerprint density at radius 2 is 0.844 bits per heavy atom. The second-order valence-electron chi connectivity index (χ2n) is 11.0. The van der Waals surface area contributed by atoms with Crippen molar-refractivity contribution in [1.29, 1.82) is 0 Å². The van der Waals surface area contributed by atoms with Gasteiger partial charge in [0, 0.05) is 17.1 Å². The summed E-state index contributed by atoms with van der Waals surface area (Å²) in [6, 6.07) is 32.6. The maximum atomic E-state index is 8.87. The van der Waals surface area contributed by atoms with E-state index in [-0.39, 0.29) is 17.1 Å². The molecule has 0 aliphatic heterocycles. The highest BCUT2D eigenvalue weighted by atomic mass is 15.1. The molecule has 0 radical (unpaired) electrons. The fraction of sp³-hybridized carbons (Fsp3) is 0. The van der Waals surface area contributed by atoms with Gasteiger partial charge in [-0.1, -0.05) is 127 Å². The predicted molar refractivity (Wildman–Crippen MR) is 191 cm³/mol. The van der Waals surface area contributed by atoms with Crippen LogP contribution in [0, 0.1) is 0 Å². The summed E-state index contributed by atoms with van der Waals surface area (Å²) in [6.07, 6.45) is 0. The van der Waals surface area contributed by atoms with Gasteiger partial charge >= 0.3 is 0 Å². The number of rotatable bonds is 5. The van der Waals surface area contributed by atoms with E-state index >= 15 is 0 Å². The molecule has 1 heteroatoms. The molecular weight excluding hydrogens is 542 g/mol. The Balaban J connectivity index is 1.34. The summed E-state index contributed by atoms with van der Waals surface area (Å²) < 4.78 is 85.6. The average molecular weight is 582 g/mol. The summed E-state index contributed by atoms with van der Waals surface area (Å²) in [5, 5.41) is 3.86. The summed E-state index contributed by atoms with van der Waals surface area (Å²) in [6.45, 7) is 0. The monoisotopic (exact) mass is 581 g/mol. The molecule has 0 unspecified atom stereocenters. The lowest BCUT2D eigenvalue weighted by Gasteiger charge is -2.33. The van der Waals surface area contributed by atoms with E-state index in [0.717, 1.165) is 66.1 Å². The first-order valence-electron chi connectivity index (χ1n) is 19.7. The molecule has 0 bridgehead atoms. The Labute approximate surface area is 277 Å². The number of hydrogen-bond donors (Lipinski definition) is 0. The summed E-state index contributed by atoms with van der Waals surface area (Å²) in [5.74, 6) is 0. The molecule has 0 atom stereocenters. The van der Waals surface area contributed by atoms with Crippen molar-refractivity contribution in [2.24, 2.45) is 0 Å². The van der Waals surface area contributed by atoms with Gasteiger partial charge in [-0.2, -0.15) is 0 Å². The van der Waals surface area contributed by atoms with Gasteiger partial charge in [0.15, 0.2) is 0 Å². The fourth-order valence-electron chi connectivity index (χ4n) is 6.64. The second kappa shape index (κ2) is 10.4. The second-order valence-corrected chi connectivity index (χ2v) is 11.0. The minimum absolute atomic E-state index is 0.260. The minimum atomic E-state index is -0.609. The van der Waals surface area contributed by atoms with Crippen molar-refractivity contribution >= 4 is 38.6 Å². The van der Waals surface area contributed by atoms with Gasteiger partial charge in [-0.05, 0) is 114 Å². The molecule has 0 heterocycles. The third kappa shape index (κ3) is 4.09. The molecule has 8 aromatic rings. The van der Waals surface area contributed by atoms with E-state index in [4.69, 9.17) is 13.7 Å². The van der Waals surface area contributed by atoms with Crippen molar-refractivity contribution in [2.75, 3.05) is 4.90 Å². The molecule has 1 aliphatic carbocycles. The third-order valence-electron chi connectivity index (χ3n) is 8.52. The fourth-order valence-corrected chi connectivity index (χ4v) is 6.64. The predicted octanol–water partition coefficient (Wildman–Crippen LogP) is 12.4. The van der Waals surface area contributed by atoms with E-state index in [1.165, 1.54) is 4.90 Å². The topological polar surface area (TPSA) is 3.24 Å². The van der Waals surface area contributed by atoms with E-state index in [0.29, 0.717) is 0 Å². The van der Waals surface area contributed by atoms with Crippen LogP contribution in [0.2, 0.25) is 0 Å². The molecular formula is C44H29N. The molecule has 0 saturated heterocycles. The Morgan fingerprint density at radius 3 is 1.36 bits per heavy atom. The van der Waals surface area contributed by atoms with Crippen molar-refractivity contribution in [3.05, 3.63) is 176 Å². The highest BCUT2D eigenvalue weighted by molar-refractivity contribution is 6.25. The maximum Gasteiger partial charge on any atom is 0.0645 e. The summed E-state index contributed by atoms with van der Waals surface area (Å²) in [4.78, 5) is 1.20. The lowest BCUT2D eigenvalue weighted by Crippen LogP contribution is -2.10. The molecule has 8 aromatic carbocycles. The van der Waals surface area contributed by atoms with E-state index in [1.807, 2.05) is 42.5 Å². The van der Waals surface area contributed by atoms with Crippen molar-refractivity contribution < 1.29 is 13.7 Å². The number of benzene rings is 8. The molecule has 0 saturated carbocycles. The standard InChI is InChI=1S/C44H29N/c1-5-15-30(16-6-1)41-37-23-13-14-24-38(37)42(31-17-7-2-8-18-31)44-40-29-33-27-36(26-25-32(33)28-39(40)43(41)44)45(34-19-9-3-10-20-34)35-21-11-4-12-22-35/h1-29H/i3D,4D,9D,10D,11D,12D,19D,20D,21D,22D. The highest BCUT2D eigenvalue weighted by Gasteiger charge is 2.32. The van der Waals surface area contributed by atoms with Crippen molar-refractivity contribution in [2.45, 2.75) is 0 Å². The highest BCUT2D eigenvalue weighted by Crippen LogP contribution is 2.59. The van der Waals surface area contributed by atoms with Gasteiger partial charge in [-0.3, -0.25) is 0 Å². The number of nitrogens with zero attached hydrogens (tertiary/aromatic N) is 1. The first-order valence-corrected chi connectivity index (χ1v) is 14.7. The van der Waals surface area contributed by atoms with Crippen LogP contribution < -0.4 is 4.90 Å². The molecule has 0 amide bonds. The number of anilines is 3. The van der Waals surface area contributed by atoms with E-state index in [9.17, 15) is 0 Å².